The Labute approximate surface area is 216 Å². The summed E-state index contributed by atoms with van der Waals surface area (Å²) in [6.45, 7) is 4.56. The highest BCUT2D eigenvalue weighted by molar-refractivity contribution is 7.80. The quantitative estimate of drug-likeness (QED) is 0.355. The number of carbonyl (C=O) groups is 1. The average Bonchev–Trinajstić information content (AvgIpc) is 3.44. The van der Waals surface area contributed by atoms with Gasteiger partial charge in [0.25, 0.3) is 0 Å². The number of amides is 1. The number of rotatable bonds is 7. The molecule has 7 nitrogen and oxygen atoms in total. The Hall–Kier alpha value is -4.04. The highest BCUT2D eigenvalue weighted by Gasteiger charge is 2.41. The normalized spacial score (nSPS) is 17.2. The van der Waals surface area contributed by atoms with Crippen LogP contribution in [0.3, 0.4) is 0 Å². The highest BCUT2D eigenvalue weighted by Crippen LogP contribution is 2.40. The Bertz CT molecular complexity index is 1350. The van der Waals surface area contributed by atoms with Gasteiger partial charge in [-0.3, -0.25) is 14.8 Å². The molecule has 0 aliphatic carbocycles. The SMILES string of the molecule is Cc1ccc(NC(=O)CCN2C(=S)N[C@@H](c3ccccn3)[C@H]2c2ccc(C)n2-c2cccnc2)cc1. The van der Waals surface area contributed by atoms with Gasteiger partial charge in [0.1, 0.15) is 0 Å². The molecule has 182 valence electrons. The molecule has 0 saturated carbocycles. The lowest BCUT2D eigenvalue weighted by molar-refractivity contribution is -0.116. The number of hydrogen-bond acceptors (Lipinski definition) is 4. The molecule has 1 saturated heterocycles. The number of benzene rings is 1. The highest BCUT2D eigenvalue weighted by atomic mass is 32.1. The zero-order valence-electron chi connectivity index (χ0n) is 20.3. The summed E-state index contributed by atoms with van der Waals surface area (Å²) in [6.07, 6.45) is 5.71. The Kier molecular flexibility index (Phi) is 6.77. The van der Waals surface area contributed by atoms with E-state index in [0.717, 1.165) is 34.0 Å². The third-order valence-electron chi connectivity index (χ3n) is 6.43. The van der Waals surface area contributed by atoms with Crippen LogP contribution in [0.4, 0.5) is 5.69 Å². The minimum atomic E-state index is -0.163. The number of thiocarbonyl (C=S) groups is 1. The summed E-state index contributed by atoms with van der Waals surface area (Å²) in [4.78, 5) is 23.9. The van der Waals surface area contributed by atoms with Crippen molar-refractivity contribution in [3.8, 4) is 5.69 Å². The Morgan fingerprint density at radius 3 is 2.58 bits per heavy atom. The molecule has 1 amide bonds. The predicted octanol–water partition coefficient (Wildman–Crippen LogP) is 4.89. The number of carbonyl (C=O) groups excluding carboxylic acids is 1. The van der Waals surface area contributed by atoms with Crippen molar-refractivity contribution in [2.24, 2.45) is 0 Å². The molecule has 4 aromatic rings. The van der Waals surface area contributed by atoms with Crippen molar-refractivity contribution in [1.29, 1.82) is 0 Å². The summed E-state index contributed by atoms with van der Waals surface area (Å²) in [5, 5.41) is 7.07. The molecule has 3 aromatic heterocycles. The van der Waals surface area contributed by atoms with Gasteiger partial charge in [0.05, 0.1) is 29.7 Å². The van der Waals surface area contributed by atoms with Gasteiger partial charge in [-0.2, -0.15) is 0 Å². The molecule has 8 heteroatoms. The van der Waals surface area contributed by atoms with E-state index in [-0.39, 0.29) is 18.0 Å². The van der Waals surface area contributed by atoms with Crippen molar-refractivity contribution >= 4 is 28.9 Å². The zero-order chi connectivity index (χ0) is 25.1. The van der Waals surface area contributed by atoms with Crippen LogP contribution in [0.25, 0.3) is 5.69 Å². The van der Waals surface area contributed by atoms with E-state index in [1.165, 1.54) is 0 Å². The topological polar surface area (TPSA) is 75.1 Å². The standard InChI is InChI=1S/C28H28N6OS/c1-19-8-11-21(12-9-19)31-25(35)14-17-33-27(26(32-28(33)36)23-7-3-4-16-30-23)24-13-10-20(2)34(24)22-6-5-15-29-18-22/h3-13,15-16,18,26-27H,14,17H2,1-2H3,(H,31,35)(H,32,36)/t26-,27+/m0/s1. The van der Waals surface area contributed by atoms with Crippen LogP contribution in [-0.2, 0) is 4.79 Å². The van der Waals surface area contributed by atoms with Crippen LogP contribution >= 0.6 is 12.2 Å². The molecule has 1 fully saturated rings. The molecular weight excluding hydrogens is 468 g/mol. The Balaban J connectivity index is 1.45. The Morgan fingerprint density at radius 2 is 1.86 bits per heavy atom. The van der Waals surface area contributed by atoms with Gasteiger partial charge in [-0.05, 0) is 74.6 Å². The van der Waals surface area contributed by atoms with Crippen molar-refractivity contribution < 1.29 is 4.79 Å². The van der Waals surface area contributed by atoms with Crippen LogP contribution < -0.4 is 10.6 Å². The van der Waals surface area contributed by atoms with Crippen LogP contribution in [0.1, 0.15) is 41.1 Å². The second kappa shape index (κ2) is 10.3. The first-order valence-corrected chi connectivity index (χ1v) is 12.4. The number of hydrogen-bond donors (Lipinski definition) is 2. The lowest BCUT2D eigenvalue weighted by Crippen LogP contribution is -2.33. The van der Waals surface area contributed by atoms with Crippen molar-refractivity contribution in [3.63, 3.8) is 0 Å². The number of aryl methyl sites for hydroxylation is 2. The van der Waals surface area contributed by atoms with Crippen molar-refractivity contribution in [1.82, 2.24) is 24.8 Å². The summed E-state index contributed by atoms with van der Waals surface area (Å²) in [6, 6.07) is 21.6. The van der Waals surface area contributed by atoms with Crippen LogP contribution in [0.5, 0.6) is 0 Å². The van der Waals surface area contributed by atoms with Gasteiger partial charge in [0, 0.05) is 42.4 Å². The van der Waals surface area contributed by atoms with E-state index < -0.39 is 0 Å². The number of aromatic nitrogens is 3. The average molecular weight is 497 g/mol. The number of pyridine rings is 2. The molecule has 1 aromatic carbocycles. The molecule has 0 spiro atoms. The Morgan fingerprint density at radius 1 is 1.03 bits per heavy atom. The third-order valence-corrected chi connectivity index (χ3v) is 6.78. The van der Waals surface area contributed by atoms with Crippen molar-refractivity contribution in [2.45, 2.75) is 32.4 Å². The predicted molar refractivity (Wildman–Crippen MR) is 145 cm³/mol. The smallest absolute Gasteiger partial charge is 0.226 e. The summed E-state index contributed by atoms with van der Waals surface area (Å²) >= 11 is 5.79. The molecule has 0 radical (unpaired) electrons. The van der Waals surface area contributed by atoms with Gasteiger partial charge in [0.15, 0.2) is 5.11 Å². The molecule has 4 heterocycles. The van der Waals surface area contributed by atoms with Crippen LogP contribution in [-0.4, -0.2) is 37.0 Å². The van der Waals surface area contributed by atoms with Gasteiger partial charge in [-0.15, -0.1) is 0 Å². The monoisotopic (exact) mass is 496 g/mol. The van der Waals surface area contributed by atoms with Gasteiger partial charge < -0.3 is 20.1 Å². The zero-order valence-corrected chi connectivity index (χ0v) is 21.1. The van der Waals surface area contributed by atoms with E-state index in [4.69, 9.17) is 12.2 Å². The third kappa shape index (κ3) is 4.85. The van der Waals surface area contributed by atoms with Crippen LogP contribution in [0, 0.1) is 13.8 Å². The van der Waals surface area contributed by atoms with Gasteiger partial charge in [-0.1, -0.05) is 23.8 Å². The summed E-state index contributed by atoms with van der Waals surface area (Å²) in [7, 11) is 0. The molecule has 2 atom stereocenters. The first-order valence-electron chi connectivity index (χ1n) is 11.9. The maximum absolute atomic E-state index is 12.8. The van der Waals surface area contributed by atoms with E-state index in [1.54, 1.807) is 12.4 Å². The number of nitrogens with one attached hydrogen (secondary N) is 2. The van der Waals surface area contributed by atoms with E-state index >= 15 is 0 Å². The van der Waals surface area contributed by atoms with E-state index in [0.29, 0.717) is 18.1 Å². The van der Waals surface area contributed by atoms with Crippen molar-refractivity contribution in [2.75, 3.05) is 11.9 Å². The van der Waals surface area contributed by atoms with E-state index in [1.807, 2.05) is 67.7 Å². The lowest BCUT2D eigenvalue weighted by Gasteiger charge is -2.29. The number of nitrogens with zero attached hydrogens (tertiary/aromatic N) is 4. The molecule has 0 bridgehead atoms. The summed E-state index contributed by atoms with van der Waals surface area (Å²) in [5.74, 6) is -0.0551. The fraction of sp³-hybridized carbons (Fsp3) is 0.214. The lowest BCUT2D eigenvalue weighted by atomic mass is 10.0. The first-order chi connectivity index (χ1) is 17.5. The largest absolute Gasteiger partial charge is 0.352 e. The summed E-state index contributed by atoms with van der Waals surface area (Å²) < 4.78 is 2.20. The molecule has 0 unspecified atom stereocenters. The van der Waals surface area contributed by atoms with Gasteiger partial charge >= 0.3 is 0 Å². The number of anilines is 1. The molecule has 1 aliphatic heterocycles. The second-order valence-corrected chi connectivity index (χ2v) is 9.32. The van der Waals surface area contributed by atoms with E-state index in [2.05, 4.69) is 49.1 Å². The fourth-order valence-corrected chi connectivity index (χ4v) is 5.01. The molecule has 5 rings (SSSR count). The molecule has 1 aliphatic rings. The second-order valence-electron chi connectivity index (χ2n) is 8.93. The van der Waals surface area contributed by atoms with Gasteiger partial charge in [0.2, 0.25) is 5.91 Å². The summed E-state index contributed by atoms with van der Waals surface area (Å²) in [5.41, 5.74) is 5.96. The van der Waals surface area contributed by atoms with Crippen molar-refractivity contribution in [3.05, 3.63) is 108 Å². The van der Waals surface area contributed by atoms with Crippen LogP contribution in [0.2, 0.25) is 0 Å². The molecular formula is C28H28N6OS. The maximum atomic E-state index is 12.8. The molecule has 36 heavy (non-hydrogen) atoms. The minimum Gasteiger partial charge on any atom is -0.352 e. The first kappa shape index (κ1) is 23.7. The maximum Gasteiger partial charge on any atom is 0.226 e. The fourth-order valence-electron chi connectivity index (χ4n) is 4.68. The van der Waals surface area contributed by atoms with E-state index in [9.17, 15) is 4.79 Å². The van der Waals surface area contributed by atoms with Crippen LogP contribution in [0.15, 0.2) is 85.3 Å². The van der Waals surface area contributed by atoms with Gasteiger partial charge in [-0.25, -0.2) is 0 Å². The minimum absolute atomic E-state index is 0.0551. The molecule has 2 N–H and O–H groups in total.